The van der Waals surface area contributed by atoms with Crippen molar-refractivity contribution in [3.8, 4) is 11.3 Å². The molecule has 0 fully saturated rings. The molecular formula is C25H27N3O3. The van der Waals surface area contributed by atoms with E-state index in [0.717, 1.165) is 61.5 Å². The first-order chi connectivity index (χ1) is 15.1. The summed E-state index contributed by atoms with van der Waals surface area (Å²) in [7, 11) is 0. The molecule has 0 saturated carbocycles. The van der Waals surface area contributed by atoms with Crippen molar-refractivity contribution in [2.45, 2.75) is 32.7 Å². The summed E-state index contributed by atoms with van der Waals surface area (Å²) in [6.45, 7) is 4.90. The number of aromatic nitrogens is 1. The molecule has 6 nitrogen and oxygen atoms in total. The Morgan fingerprint density at radius 2 is 2.06 bits per heavy atom. The molecule has 6 heteroatoms. The molecule has 0 atom stereocenters. The van der Waals surface area contributed by atoms with Gasteiger partial charge in [-0.1, -0.05) is 53.7 Å². The van der Waals surface area contributed by atoms with Crippen molar-refractivity contribution in [1.29, 1.82) is 0 Å². The van der Waals surface area contributed by atoms with Gasteiger partial charge >= 0.3 is 0 Å². The van der Waals surface area contributed by atoms with Crippen molar-refractivity contribution in [2.75, 3.05) is 13.1 Å². The van der Waals surface area contributed by atoms with Crippen LogP contribution < -0.4 is 5.48 Å². The number of carbonyl (C=O) groups excluding carboxylic acids is 1. The predicted molar refractivity (Wildman–Crippen MR) is 119 cm³/mol. The lowest BCUT2D eigenvalue weighted by atomic mass is 10.0. The fraction of sp³-hybridized carbons (Fsp3) is 0.280. The molecular weight excluding hydrogens is 390 g/mol. The molecule has 31 heavy (non-hydrogen) atoms. The van der Waals surface area contributed by atoms with Crippen LogP contribution in [0.1, 0.15) is 34.4 Å². The standard InChI is InChI=1S/C25H27N3O3/c1-18-23(25(31-27-18)20-6-3-2-4-7-20)13-15-28-14-5-8-21-16-19(9-11-22(21)17-28)10-12-24(29)26-30/h2-4,6-7,9-12,16,30H,5,8,13-15,17H2,1H3,(H,26,29). The molecule has 0 unspecified atom stereocenters. The summed E-state index contributed by atoms with van der Waals surface area (Å²) in [5.41, 5.74) is 8.42. The normalized spacial score (nSPS) is 14.4. The minimum absolute atomic E-state index is 0.528. The Morgan fingerprint density at radius 3 is 2.87 bits per heavy atom. The van der Waals surface area contributed by atoms with E-state index in [-0.39, 0.29) is 0 Å². The quantitative estimate of drug-likeness (QED) is 0.358. The second-order valence-electron chi connectivity index (χ2n) is 7.91. The van der Waals surface area contributed by atoms with E-state index in [4.69, 9.17) is 9.73 Å². The van der Waals surface area contributed by atoms with E-state index in [1.807, 2.05) is 31.2 Å². The number of carbonyl (C=O) groups is 1. The number of nitrogens with zero attached hydrogens (tertiary/aromatic N) is 2. The van der Waals surface area contributed by atoms with Crippen LogP contribution >= 0.6 is 0 Å². The summed E-state index contributed by atoms with van der Waals surface area (Å²) in [5, 5.41) is 12.8. The lowest BCUT2D eigenvalue weighted by molar-refractivity contribution is -0.124. The maximum atomic E-state index is 11.2. The van der Waals surface area contributed by atoms with E-state index in [2.05, 4.69) is 34.3 Å². The molecule has 1 aliphatic heterocycles. The number of benzene rings is 2. The second kappa shape index (κ2) is 9.73. The van der Waals surface area contributed by atoms with Gasteiger partial charge in [0.15, 0.2) is 5.76 Å². The Balaban J connectivity index is 1.45. The minimum atomic E-state index is -0.528. The van der Waals surface area contributed by atoms with Crippen LogP contribution in [0.4, 0.5) is 0 Å². The molecule has 2 N–H and O–H groups in total. The monoisotopic (exact) mass is 417 g/mol. The molecule has 0 bridgehead atoms. The van der Waals surface area contributed by atoms with Gasteiger partial charge in [0.2, 0.25) is 0 Å². The third-order valence-electron chi connectivity index (χ3n) is 5.78. The Bertz CT molecular complexity index is 1070. The van der Waals surface area contributed by atoms with Crippen molar-refractivity contribution >= 4 is 12.0 Å². The molecule has 1 aliphatic rings. The van der Waals surface area contributed by atoms with Crippen LogP contribution in [-0.2, 0) is 24.2 Å². The molecule has 0 spiro atoms. The topological polar surface area (TPSA) is 78.6 Å². The molecule has 0 radical (unpaired) electrons. The number of aryl methyl sites for hydroxylation is 2. The molecule has 1 aromatic heterocycles. The van der Waals surface area contributed by atoms with Gasteiger partial charge in [-0.3, -0.25) is 14.9 Å². The van der Waals surface area contributed by atoms with Gasteiger partial charge in [-0.2, -0.15) is 0 Å². The number of amides is 1. The highest BCUT2D eigenvalue weighted by atomic mass is 16.5. The first-order valence-electron chi connectivity index (χ1n) is 10.6. The zero-order valence-corrected chi connectivity index (χ0v) is 17.7. The minimum Gasteiger partial charge on any atom is -0.356 e. The van der Waals surface area contributed by atoms with E-state index in [9.17, 15) is 4.79 Å². The summed E-state index contributed by atoms with van der Waals surface area (Å²) in [6.07, 6.45) is 6.04. The Morgan fingerprint density at radius 1 is 1.23 bits per heavy atom. The third kappa shape index (κ3) is 5.10. The smallest absolute Gasteiger partial charge is 0.267 e. The number of hydroxylamine groups is 1. The van der Waals surface area contributed by atoms with Crippen LogP contribution in [0.15, 0.2) is 59.1 Å². The predicted octanol–water partition coefficient (Wildman–Crippen LogP) is 4.16. The summed E-state index contributed by atoms with van der Waals surface area (Å²) in [5.74, 6) is 0.344. The molecule has 160 valence electrons. The summed E-state index contributed by atoms with van der Waals surface area (Å²) < 4.78 is 5.64. The molecule has 3 aromatic rings. The first-order valence-corrected chi connectivity index (χ1v) is 10.6. The van der Waals surface area contributed by atoms with Crippen LogP contribution in [0.3, 0.4) is 0 Å². The van der Waals surface area contributed by atoms with Gasteiger partial charge in [-0.05, 0) is 55.5 Å². The number of rotatable bonds is 6. The van der Waals surface area contributed by atoms with Crippen LogP contribution in [0.25, 0.3) is 17.4 Å². The largest absolute Gasteiger partial charge is 0.356 e. The van der Waals surface area contributed by atoms with Crippen molar-refractivity contribution in [3.63, 3.8) is 0 Å². The van der Waals surface area contributed by atoms with Crippen molar-refractivity contribution < 1.29 is 14.5 Å². The third-order valence-corrected chi connectivity index (χ3v) is 5.78. The maximum Gasteiger partial charge on any atom is 0.267 e. The summed E-state index contributed by atoms with van der Waals surface area (Å²) in [6, 6.07) is 16.4. The molecule has 0 saturated heterocycles. The zero-order valence-electron chi connectivity index (χ0n) is 17.7. The lowest BCUT2D eigenvalue weighted by Gasteiger charge is -2.20. The molecule has 0 aliphatic carbocycles. The average Bonchev–Trinajstić information content (AvgIpc) is 3.04. The van der Waals surface area contributed by atoms with Crippen LogP contribution in [0.5, 0.6) is 0 Å². The van der Waals surface area contributed by atoms with Crippen molar-refractivity contribution in [1.82, 2.24) is 15.5 Å². The SMILES string of the molecule is Cc1noc(-c2ccccc2)c1CCN1CCCc2cc(C=CC(=O)NO)ccc2C1. The van der Waals surface area contributed by atoms with Crippen molar-refractivity contribution in [2.24, 2.45) is 0 Å². The maximum absolute atomic E-state index is 11.2. The highest BCUT2D eigenvalue weighted by molar-refractivity contribution is 5.90. The summed E-state index contributed by atoms with van der Waals surface area (Å²) in [4.78, 5) is 13.7. The molecule has 2 heterocycles. The van der Waals surface area contributed by atoms with Gasteiger partial charge in [0, 0.05) is 30.3 Å². The summed E-state index contributed by atoms with van der Waals surface area (Å²) >= 11 is 0. The number of nitrogens with one attached hydrogen (secondary N) is 1. The lowest BCUT2D eigenvalue weighted by Crippen LogP contribution is -2.26. The Labute approximate surface area is 182 Å². The van der Waals surface area contributed by atoms with Crippen molar-refractivity contribution in [3.05, 3.63) is 82.6 Å². The fourth-order valence-electron chi connectivity index (χ4n) is 4.12. The van der Waals surface area contributed by atoms with E-state index in [1.54, 1.807) is 11.6 Å². The van der Waals surface area contributed by atoms with Crippen LogP contribution in [-0.4, -0.2) is 34.3 Å². The first kappa shape index (κ1) is 21.0. The van der Waals surface area contributed by atoms with Crippen LogP contribution in [0.2, 0.25) is 0 Å². The zero-order chi connectivity index (χ0) is 21.6. The van der Waals surface area contributed by atoms with E-state index < -0.39 is 5.91 Å². The van der Waals surface area contributed by atoms with Gasteiger partial charge in [0.1, 0.15) is 0 Å². The average molecular weight is 418 g/mol. The number of hydrogen-bond donors (Lipinski definition) is 2. The highest BCUT2D eigenvalue weighted by Crippen LogP contribution is 2.27. The van der Waals surface area contributed by atoms with E-state index in [0.29, 0.717) is 0 Å². The van der Waals surface area contributed by atoms with E-state index >= 15 is 0 Å². The molecule has 1 amide bonds. The number of fused-ring (bicyclic) bond motifs is 1. The second-order valence-corrected chi connectivity index (χ2v) is 7.91. The highest BCUT2D eigenvalue weighted by Gasteiger charge is 2.18. The Kier molecular flexibility index (Phi) is 6.60. The Hall–Kier alpha value is -3.22. The molecule has 4 rings (SSSR count). The van der Waals surface area contributed by atoms with Crippen LogP contribution in [0, 0.1) is 6.92 Å². The van der Waals surface area contributed by atoms with Gasteiger partial charge < -0.3 is 4.52 Å². The fourth-order valence-corrected chi connectivity index (χ4v) is 4.12. The van der Waals surface area contributed by atoms with Gasteiger partial charge in [-0.25, -0.2) is 5.48 Å². The van der Waals surface area contributed by atoms with E-state index in [1.165, 1.54) is 22.8 Å². The van der Waals surface area contributed by atoms with Gasteiger partial charge in [0.25, 0.3) is 5.91 Å². The van der Waals surface area contributed by atoms with Gasteiger partial charge in [0.05, 0.1) is 5.69 Å². The molecule has 2 aromatic carbocycles. The van der Waals surface area contributed by atoms with Gasteiger partial charge in [-0.15, -0.1) is 0 Å². The number of hydrogen-bond acceptors (Lipinski definition) is 5.